The number of hydrogen-bond acceptors (Lipinski definition) is 3. The summed E-state index contributed by atoms with van der Waals surface area (Å²) in [7, 11) is 2.03. The number of aryl methyl sites for hydroxylation is 1. The molecule has 1 atom stereocenters. The first-order valence-electron chi connectivity index (χ1n) is 9.83. The Bertz CT molecular complexity index is 760. The van der Waals surface area contributed by atoms with Gasteiger partial charge in [-0.1, -0.05) is 30.3 Å². The van der Waals surface area contributed by atoms with E-state index in [1.165, 1.54) is 16.8 Å². The van der Waals surface area contributed by atoms with Crippen molar-refractivity contribution in [3.05, 3.63) is 41.6 Å². The van der Waals surface area contributed by atoms with Gasteiger partial charge in [0.1, 0.15) is 0 Å². The summed E-state index contributed by atoms with van der Waals surface area (Å²) >= 11 is 0. The molecular formula is C21H28N4O. The molecule has 0 spiro atoms. The molecule has 2 aliphatic heterocycles. The lowest BCUT2D eigenvalue weighted by atomic mass is 9.99. The van der Waals surface area contributed by atoms with Gasteiger partial charge in [0.15, 0.2) is 0 Å². The average Bonchev–Trinajstić information content (AvgIpc) is 2.91. The summed E-state index contributed by atoms with van der Waals surface area (Å²) in [6.45, 7) is 3.62. The molecule has 1 aromatic heterocycles. The molecule has 138 valence electrons. The van der Waals surface area contributed by atoms with Gasteiger partial charge in [-0.3, -0.25) is 9.48 Å². The first-order valence-corrected chi connectivity index (χ1v) is 9.83. The first kappa shape index (κ1) is 17.3. The van der Waals surface area contributed by atoms with Crippen LogP contribution in [0.15, 0.2) is 30.3 Å². The molecule has 0 aliphatic carbocycles. The fourth-order valence-corrected chi connectivity index (χ4v) is 4.35. The van der Waals surface area contributed by atoms with Crippen molar-refractivity contribution in [2.24, 2.45) is 13.0 Å². The van der Waals surface area contributed by atoms with Crippen LogP contribution in [0.1, 0.15) is 30.5 Å². The van der Waals surface area contributed by atoms with Crippen LogP contribution in [0.2, 0.25) is 0 Å². The second kappa shape index (κ2) is 7.62. The van der Waals surface area contributed by atoms with Crippen LogP contribution in [0.3, 0.4) is 0 Å². The molecule has 1 saturated heterocycles. The third-order valence-corrected chi connectivity index (χ3v) is 5.81. The van der Waals surface area contributed by atoms with Crippen LogP contribution in [0.25, 0.3) is 11.3 Å². The molecule has 2 aliphatic rings. The Hall–Kier alpha value is -2.14. The molecule has 1 aromatic carbocycles. The molecule has 4 rings (SSSR count). The smallest absolute Gasteiger partial charge is 0.225 e. The summed E-state index contributed by atoms with van der Waals surface area (Å²) in [5.41, 5.74) is 4.84. The van der Waals surface area contributed by atoms with E-state index in [0.29, 0.717) is 5.91 Å². The highest BCUT2D eigenvalue weighted by Gasteiger charge is 2.28. The van der Waals surface area contributed by atoms with E-state index < -0.39 is 0 Å². The van der Waals surface area contributed by atoms with Crippen molar-refractivity contribution in [2.45, 2.75) is 32.1 Å². The van der Waals surface area contributed by atoms with Crippen LogP contribution in [0.5, 0.6) is 0 Å². The van der Waals surface area contributed by atoms with Crippen LogP contribution in [-0.2, 0) is 24.7 Å². The fourth-order valence-electron chi connectivity index (χ4n) is 4.35. The summed E-state index contributed by atoms with van der Waals surface area (Å²) in [6.07, 6.45) is 4.88. The summed E-state index contributed by atoms with van der Waals surface area (Å²) in [5, 5.41) is 8.19. The van der Waals surface area contributed by atoms with E-state index in [-0.39, 0.29) is 5.92 Å². The summed E-state index contributed by atoms with van der Waals surface area (Å²) in [4.78, 5) is 15.1. The molecule has 2 aromatic rings. The maximum Gasteiger partial charge on any atom is 0.225 e. The van der Waals surface area contributed by atoms with Crippen molar-refractivity contribution in [2.75, 3.05) is 26.2 Å². The number of benzene rings is 1. The van der Waals surface area contributed by atoms with Gasteiger partial charge in [-0.05, 0) is 38.8 Å². The zero-order chi connectivity index (χ0) is 17.9. The maximum atomic E-state index is 13.0. The Kier molecular flexibility index (Phi) is 5.07. The van der Waals surface area contributed by atoms with Crippen LogP contribution in [0.4, 0.5) is 0 Å². The predicted molar refractivity (Wildman–Crippen MR) is 103 cm³/mol. The average molecular weight is 352 g/mol. The molecule has 0 saturated carbocycles. The minimum absolute atomic E-state index is 0.193. The van der Waals surface area contributed by atoms with Crippen molar-refractivity contribution < 1.29 is 4.79 Å². The molecule has 5 heteroatoms. The monoisotopic (exact) mass is 352 g/mol. The van der Waals surface area contributed by atoms with Crippen LogP contribution in [-0.4, -0.2) is 46.8 Å². The first-order chi connectivity index (χ1) is 12.7. The number of amides is 1. The van der Waals surface area contributed by atoms with E-state index in [1.54, 1.807) is 0 Å². The summed E-state index contributed by atoms with van der Waals surface area (Å²) < 4.78 is 2.02. The Morgan fingerprint density at radius 2 is 1.92 bits per heavy atom. The minimum Gasteiger partial charge on any atom is -0.342 e. The number of nitrogens with zero attached hydrogens (tertiary/aromatic N) is 3. The second-order valence-electron chi connectivity index (χ2n) is 7.47. The normalized spacial score (nSPS) is 21.0. The summed E-state index contributed by atoms with van der Waals surface area (Å²) in [6, 6.07) is 10.4. The predicted octanol–water partition coefficient (Wildman–Crippen LogP) is 2.40. The lowest BCUT2D eigenvalue weighted by Crippen LogP contribution is -2.38. The molecule has 5 nitrogen and oxygen atoms in total. The Labute approximate surface area is 155 Å². The molecule has 0 bridgehead atoms. The molecule has 0 radical (unpaired) electrons. The molecule has 1 N–H and O–H groups in total. The van der Waals surface area contributed by atoms with Crippen molar-refractivity contribution in [1.82, 2.24) is 20.0 Å². The van der Waals surface area contributed by atoms with Crippen molar-refractivity contribution >= 4 is 5.91 Å². The van der Waals surface area contributed by atoms with Gasteiger partial charge in [0, 0.05) is 49.3 Å². The van der Waals surface area contributed by atoms with E-state index >= 15 is 0 Å². The Morgan fingerprint density at radius 1 is 1.12 bits per heavy atom. The topological polar surface area (TPSA) is 50.2 Å². The Balaban J connectivity index is 1.53. The van der Waals surface area contributed by atoms with Gasteiger partial charge in [-0.25, -0.2) is 0 Å². The van der Waals surface area contributed by atoms with Gasteiger partial charge in [0.05, 0.1) is 5.69 Å². The van der Waals surface area contributed by atoms with E-state index in [0.717, 1.165) is 64.0 Å². The largest absolute Gasteiger partial charge is 0.342 e. The highest BCUT2D eigenvalue weighted by Crippen LogP contribution is 2.28. The molecule has 3 heterocycles. The minimum atomic E-state index is 0.193. The number of hydrogen-bond donors (Lipinski definition) is 1. The number of fused-ring (bicyclic) bond motifs is 1. The van der Waals surface area contributed by atoms with Gasteiger partial charge in [0.2, 0.25) is 5.91 Å². The van der Waals surface area contributed by atoms with E-state index in [9.17, 15) is 4.79 Å². The van der Waals surface area contributed by atoms with Crippen LogP contribution < -0.4 is 5.32 Å². The fraction of sp³-hybridized carbons (Fsp3) is 0.524. The SMILES string of the molecule is Cn1nc(-c2ccccc2)c2c1CCN(C(=O)C1CCCNCC1)CC2. The van der Waals surface area contributed by atoms with E-state index in [4.69, 9.17) is 5.10 Å². The number of nitrogens with one attached hydrogen (secondary N) is 1. The lowest BCUT2D eigenvalue weighted by Gasteiger charge is -2.25. The van der Waals surface area contributed by atoms with Gasteiger partial charge in [0.25, 0.3) is 0 Å². The maximum absolute atomic E-state index is 13.0. The third-order valence-electron chi connectivity index (χ3n) is 5.81. The zero-order valence-electron chi connectivity index (χ0n) is 15.6. The van der Waals surface area contributed by atoms with Gasteiger partial charge < -0.3 is 10.2 Å². The number of rotatable bonds is 2. The molecular weight excluding hydrogens is 324 g/mol. The standard InChI is InChI=1S/C21H28N4O/c1-24-19-11-15-25(21(26)17-8-5-12-22-13-9-17)14-10-18(19)20(23-24)16-6-3-2-4-7-16/h2-4,6-7,17,22H,5,8-15H2,1H3. The van der Waals surface area contributed by atoms with Crippen LogP contribution in [0, 0.1) is 5.92 Å². The quantitative estimate of drug-likeness (QED) is 0.903. The van der Waals surface area contributed by atoms with E-state index in [2.05, 4.69) is 34.5 Å². The van der Waals surface area contributed by atoms with Gasteiger partial charge in [-0.15, -0.1) is 0 Å². The van der Waals surface area contributed by atoms with Crippen molar-refractivity contribution in [3.8, 4) is 11.3 Å². The highest BCUT2D eigenvalue weighted by molar-refractivity contribution is 5.79. The molecule has 1 amide bonds. The number of carbonyl (C=O) groups is 1. The molecule has 1 fully saturated rings. The zero-order valence-corrected chi connectivity index (χ0v) is 15.6. The van der Waals surface area contributed by atoms with Crippen LogP contribution >= 0.6 is 0 Å². The lowest BCUT2D eigenvalue weighted by molar-refractivity contribution is -0.135. The number of carbonyl (C=O) groups excluding carboxylic acids is 1. The van der Waals surface area contributed by atoms with Crippen molar-refractivity contribution in [3.63, 3.8) is 0 Å². The third kappa shape index (κ3) is 3.40. The summed E-state index contributed by atoms with van der Waals surface area (Å²) in [5.74, 6) is 0.550. The Morgan fingerprint density at radius 3 is 2.77 bits per heavy atom. The molecule has 1 unspecified atom stereocenters. The van der Waals surface area contributed by atoms with Gasteiger partial charge in [-0.2, -0.15) is 5.10 Å². The van der Waals surface area contributed by atoms with Gasteiger partial charge >= 0.3 is 0 Å². The van der Waals surface area contributed by atoms with E-state index in [1.807, 2.05) is 17.8 Å². The molecule has 26 heavy (non-hydrogen) atoms. The van der Waals surface area contributed by atoms with Crippen molar-refractivity contribution in [1.29, 1.82) is 0 Å². The highest BCUT2D eigenvalue weighted by atomic mass is 16.2. The second-order valence-corrected chi connectivity index (χ2v) is 7.47. The number of aromatic nitrogens is 2.